The summed E-state index contributed by atoms with van der Waals surface area (Å²) in [6.45, 7) is 1.19. The fourth-order valence-corrected chi connectivity index (χ4v) is 3.82. The molecular formula is C25H27N3O. The van der Waals surface area contributed by atoms with Crippen LogP contribution in [0.1, 0.15) is 35.6 Å². The Morgan fingerprint density at radius 2 is 1.59 bits per heavy atom. The predicted molar refractivity (Wildman–Crippen MR) is 115 cm³/mol. The van der Waals surface area contributed by atoms with Gasteiger partial charge >= 0.3 is 0 Å². The summed E-state index contributed by atoms with van der Waals surface area (Å²) < 4.78 is 0. The van der Waals surface area contributed by atoms with Gasteiger partial charge in [-0.05, 0) is 35.6 Å². The third-order valence-corrected chi connectivity index (χ3v) is 5.52. The Balaban J connectivity index is 1.53. The molecule has 1 fully saturated rings. The van der Waals surface area contributed by atoms with E-state index in [9.17, 15) is 4.79 Å². The molecule has 1 aromatic heterocycles. The van der Waals surface area contributed by atoms with E-state index in [1.807, 2.05) is 60.6 Å². The zero-order valence-electron chi connectivity index (χ0n) is 16.8. The second kappa shape index (κ2) is 9.01. The first-order chi connectivity index (χ1) is 14.2. The Hall–Kier alpha value is -2.98. The lowest BCUT2D eigenvalue weighted by Crippen LogP contribution is -2.41. The summed E-state index contributed by atoms with van der Waals surface area (Å²) in [5, 5.41) is 0. The normalized spacial score (nSPS) is 13.6. The van der Waals surface area contributed by atoms with Gasteiger partial charge in [0.25, 0.3) is 0 Å². The maximum Gasteiger partial charge on any atom is 0.237 e. The van der Waals surface area contributed by atoms with Gasteiger partial charge in [-0.1, -0.05) is 66.7 Å². The van der Waals surface area contributed by atoms with Crippen LogP contribution < -0.4 is 0 Å². The number of amides is 1. The van der Waals surface area contributed by atoms with Crippen LogP contribution in [0.5, 0.6) is 0 Å². The average Bonchev–Trinajstić information content (AvgIpc) is 3.61. The Morgan fingerprint density at radius 3 is 2.10 bits per heavy atom. The summed E-state index contributed by atoms with van der Waals surface area (Å²) in [6, 6.07) is 24.9. The number of hydrogen-bond donors (Lipinski definition) is 0. The molecule has 0 atom stereocenters. The summed E-state index contributed by atoms with van der Waals surface area (Å²) in [6.07, 6.45) is 6.00. The van der Waals surface area contributed by atoms with Crippen LogP contribution in [0.25, 0.3) is 0 Å². The van der Waals surface area contributed by atoms with E-state index < -0.39 is 0 Å². The minimum atomic E-state index is -0.0932. The molecule has 1 amide bonds. The zero-order chi connectivity index (χ0) is 20.1. The SMILES string of the molecule is CN(C(=O)CN(Cc1cccnc1)C1CC1)C(c1ccccc1)c1ccccc1. The molecule has 4 heteroatoms. The molecule has 0 saturated heterocycles. The van der Waals surface area contributed by atoms with Crippen molar-refractivity contribution in [1.82, 2.24) is 14.8 Å². The number of rotatable bonds is 8. The van der Waals surface area contributed by atoms with Crippen LogP contribution in [0.15, 0.2) is 85.2 Å². The van der Waals surface area contributed by atoms with Crippen molar-refractivity contribution < 1.29 is 4.79 Å². The summed E-state index contributed by atoms with van der Waals surface area (Å²) in [5.41, 5.74) is 3.40. The van der Waals surface area contributed by atoms with Gasteiger partial charge in [0.05, 0.1) is 12.6 Å². The number of carbonyl (C=O) groups is 1. The molecule has 0 bridgehead atoms. The number of benzene rings is 2. The summed E-state index contributed by atoms with van der Waals surface area (Å²) in [7, 11) is 1.92. The maximum absolute atomic E-state index is 13.3. The Kier molecular flexibility index (Phi) is 6.01. The number of hydrogen-bond acceptors (Lipinski definition) is 3. The highest BCUT2D eigenvalue weighted by Crippen LogP contribution is 2.30. The van der Waals surface area contributed by atoms with E-state index in [4.69, 9.17) is 0 Å². The van der Waals surface area contributed by atoms with Gasteiger partial charge in [0.15, 0.2) is 0 Å². The lowest BCUT2D eigenvalue weighted by Gasteiger charge is -2.31. The second-order valence-corrected chi connectivity index (χ2v) is 7.73. The molecule has 2 aromatic carbocycles. The third kappa shape index (κ3) is 4.90. The highest BCUT2D eigenvalue weighted by atomic mass is 16.2. The van der Waals surface area contributed by atoms with Crippen molar-refractivity contribution in [2.45, 2.75) is 31.5 Å². The van der Waals surface area contributed by atoms with Crippen molar-refractivity contribution in [3.63, 3.8) is 0 Å². The molecule has 0 unspecified atom stereocenters. The number of pyridine rings is 1. The molecule has 3 aromatic rings. The highest BCUT2D eigenvalue weighted by molar-refractivity contribution is 5.79. The first-order valence-corrected chi connectivity index (χ1v) is 10.2. The lowest BCUT2D eigenvalue weighted by molar-refractivity contribution is -0.133. The van der Waals surface area contributed by atoms with Crippen LogP contribution in [-0.4, -0.2) is 40.3 Å². The smallest absolute Gasteiger partial charge is 0.237 e. The second-order valence-electron chi connectivity index (χ2n) is 7.73. The van der Waals surface area contributed by atoms with Crippen LogP contribution in [0.2, 0.25) is 0 Å². The summed E-state index contributed by atoms with van der Waals surface area (Å²) in [5.74, 6) is 0.137. The molecule has 0 radical (unpaired) electrons. The topological polar surface area (TPSA) is 36.4 Å². The molecule has 4 rings (SSSR count). The van der Waals surface area contributed by atoms with E-state index in [1.54, 1.807) is 6.20 Å². The van der Waals surface area contributed by atoms with Crippen LogP contribution in [0, 0.1) is 0 Å². The van der Waals surface area contributed by atoms with Gasteiger partial charge in [0.1, 0.15) is 0 Å². The molecule has 0 aliphatic heterocycles. The van der Waals surface area contributed by atoms with Crippen molar-refractivity contribution in [3.8, 4) is 0 Å². The fourth-order valence-electron chi connectivity index (χ4n) is 3.82. The molecule has 0 N–H and O–H groups in total. The van der Waals surface area contributed by atoms with E-state index in [1.165, 1.54) is 0 Å². The van der Waals surface area contributed by atoms with Gasteiger partial charge in [-0.2, -0.15) is 0 Å². The molecule has 1 saturated carbocycles. The van der Waals surface area contributed by atoms with Gasteiger partial charge in [-0.25, -0.2) is 0 Å². The molecule has 1 heterocycles. The molecule has 148 valence electrons. The molecule has 0 spiro atoms. The fraction of sp³-hybridized carbons (Fsp3) is 0.280. The van der Waals surface area contributed by atoms with Crippen molar-refractivity contribution in [3.05, 3.63) is 102 Å². The van der Waals surface area contributed by atoms with Gasteiger partial charge in [-0.15, -0.1) is 0 Å². The zero-order valence-corrected chi connectivity index (χ0v) is 16.8. The van der Waals surface area contributed by atoms with E-state index in [0.29, 0.717) is 12.6 Å². The van der Waals surface area contributed by atoms with Gasteiger partial charge in [-0.3, -0.25) is 14.7 Å². The van der Waals surface area contributed by atoms with Crippen molar-refractivity contribution in [1.29, 1.82) is 0 Å². The number of carbonyl (C=O) groups excluding carboxylic acids is 1. The molecule has 4 nitrogen and oxygen atoms in total. The monoisotopic (exact) mass is 385 g/mol. The Labute approximate surface area is 172 Å². The van der Waals surface area contributed by atoms with Crippen LogP contribution >= 0.6 is 0 Å². The minimum Gasteiger partial charge on any atom is -0.334 e. The van der Waals surface area contributed by atoms with Crippen LogP contribution in [0.4, 0.5) is 0 Å². The lowest BCUT2D eigenvalue weighted by atomic mass is 9.97. The molecular weight excluding hydrogens is 358 g/mol. The van der Waals surface area contributed by atoms with Crippen molar-refractivity contribution >= 4 is 5.91 Å². The standard InChI is InChI=1S/C25H27N3O/c1-27(25(21-10-4-2-5-11-21)22-12-6-3-7-13-22)24(29)19-28(23-14-15-23)18-20-9-8-16-26-17-20/h2-13,16-17,23,25H,14-15,18-19H2,1H3. The quantitative estimate of drug-likeness (QED) is 0.580. The summed E-state index contributed by atoms with van der Waals surface area (Å²) >= 11 is 0. The summed E-state index contributed by atoms with van der Waals surface area (Å²) in [4.78, 5) is 21.7. The number of nitrogens with zero attached hydrogens (tertiary/aromatic N) is 3. The average molecular weight is 386 g/mol. The minimum absolute atomic E-state index is 0.0932. The van der Waals surface area contributed by atoms with Gasteiger partial charge in [0.2, 0.25) is 5.91 Å². The first-order valence-electron chi connectivity index (χ1n) is 10.2. The van der Waals surface area contributed by atoms with E-state index in [2.05, 4.69) is 40.2 Å². The molecule has 29 heavy (non-hydrogen) atoms. The van der Waals surface area contributed by atoms with E-state index >= 15 is 0 Å². The molecule has 1 aliphatic carbocycles. The highest BCUT2D eigenvalue weighted by Gasteiger charge is 2.32. The largest absolute Gasteiger partial charge is 0.334 e. The molecule has 1 aliphatic rings. The van der Waals surface area contributed by atoms with Crippen LogP contribution in [-0.2, 0) is 11.3 Å². The number of likely N-dealkylation sites (N-methyl/N-ethyl adjacent to an activating group) is 1. The first kappa shape index (κ1) is 19.3. The number of aromatic nitrogens is 1. The third-order valence-electron chi connectivity index (χ3n) is 5.52. The maximum atomic E-state index is 13.3. The van der Waals surface area contributed by atoms with Crippen LogP contribution in [0.3, 0.4) is 0 Å². The van der Waals surface area contributed by atoms with E-state index in [-0.39, 0.29) is 11.9 Å². The van der Waals surface area contributed by atoms with Gasteiger partial charge in [0, 0.05) is 32.0 Å². The Morgan fingerprint density at radius 1 is 0.966 bits per heavy atom. The van der Waals surface area contributed by atoms with Gasteiger partial charge < -0.3 is 4.90 Å². The van der Waals surface area contributed by atoms with Crippen molar-refractivity contribution in [2.24, 2.45) is 0 Å². The van der Waals surface area contributed by atoms with Crippen molar-refractivity contribution in [2.75, 3.05) is 13.6 Å². The van der Waals surface area contributed by atoms with E-state index in [0.717, 1.165) is 36.1 Å². The Bertz CT molecular complexity index is 871. The predicted octanol–water partition coefficient (Wildman–Crippen LogP) is 4.29.